The summed E-state index contributed by atoms with van der Waals surface area (Å²) in [6, 6.07) is 0. The van der Waals surface area contributed by atoms with E-state index in [9.17, 15) is 0 Å². The van der Waals surface area contributed by atoms with Gasteiger partial charge in [-0.3, -0.25) is 0 Å². The summed E-state index contributed by atoms with van der Waals surface area (Å²) in [6.07, 6.45) is 3.67. The monoisotopic (exact) mass is 311 g/mol. The molecule has 0 radical (unpaired) electrons. The molecule has 0 aliphatic rings. The van der Waals surface area contributed by atoms with Crippen LogP contribution in [-0.2, 0) is 21.1 Å². The van der Waals surface area contributed by atoms with Gasteiger partial charge in [0, 0.05) is 21.1 Å². The first-order valence-electron chi connectivity index (χ1n) is 2.93. The molecule has 0 aromatic carbocycles. The molecule has 1 atom stereocenters. The predicted octanol–water partition coefficient (Wildman–Crippen LogP) is 1.50. The smallest absolute Gasteiger partial charge is 0 e. The van der Waals surface area contributed by atoms with Gasteiger partial charge in [-0.2, -0.15) is 12.3 Å². The molecule has 1 unspecified atom stereocenters. The van der Waals surface area contributed by atoms with Crippen LogP contribution in [0.3, 0.4) is 0 Å². The summed E-state index contributed by atoms with van der Waals surface area (Å²) in [6.45, 7) is 9.58. The molecule has 0 saturated carbocycles. The third-order valence-electron chi connectivity index (χ3n) is 0.697. The average molecular weight is 311 g/mol. The molecule has 0 aromatic heterocycles. The van der Waals surface area contributed by atoms with Gasteiger partial charge in [0.05, 0.1) is 0 Å². The van der Waals surface area contributed by atoms with Crippen LogP contribution in [0, 0.1) is 25.2 Å². The first-order chi connectivity index (χ1) is 4.18. The molecule has 62 valence electrons. The number of hydrogen-bond acceptors (Lipinski definition) is 1. The van der Waals surface area contributed by atoms with Crippen molar-refractivity contribution < 1.29 is 21.1 Å². The van der Waals surface area contributed by atoms with Gasteiger partial charge in [-0.1, -0.05) is 6.92 Å². The van der Waals surface area contributed by atoms with Crippen LogP contribution in [-0.4, -0.2) is 6.34 Å². The van der Waals surface area contributed by atoms with Gasteiger partial charge in [0.25, 0.3) is 0 Å². The number of hydrogen-bond donors (Lipinski definition) is 2. The summed E-state index contributed by atoms with van der Waals surface area (Å²) in [7, 11) is 0. The van der Waals surface area contributed by atoms with Crippen LogP contribution in [0.4, 0.5) is 0 Å². The van der Waals surface area contributed by atoms with Gasteiger partial charge in [-0.05, 0) is 0 Å². The van der Waals surface area contributed by atoms with Crippen LogP contribution >= 0.6 is 0 Å². The fourth-order valence-corrected chi connectivity index (χ4v) is 0.348. The Hall–Kier alpha value is 0.158. The summed E-state index contributed by atoms with van der Waals surface area (Å²) in [5.74, 6) is 0.586. The minimum absolute atomic E-state index is 0. The van der Waals surface area contributed by atoms with E-state index in [1.54, 1.807) is 0 Å². The molecule has 0 rings (SSSR count). The van der Waals surface area contributed by atoms with E-state index in [1.165, 1.54) is 6.34 Å². The van der Waals surface area contributed by atoms with Gasteiger partial charge in [-0.25, -0.2) is 0 Å². The fourth-order valence-electron chi connectivity index (χ4n) is 0.348. The fraction of sp³-hybridized carbons (Fsp3) is 0.571. The summed E-state index contributed by atoms with van der Waals surface area (Å²) >= 11 is 0. The van der Waals surface area contributed by atoms with Gasteiger partial charge >= 0.3 is 0 Å². The summed E-state index contributed by atoms with van der Waals surface area (Å²) in [4.78, 5) is 0. The van der Waals surface area contributed by atoms with E-state index < -0.39 is 0 Å². The molecule has 0 spiro atoms. The maximum Gasteiger partial charge on any atom is 0 e. The Labute approximate surface area is 78.3 Å². The maximum absolute atomic E-state index is 5.74. The molecule has 0 fully saturated rings. The molecule has 0 aliphatic carbocycles. The maximum atomic E-state index is 5.74. The molecule has 2 nitrogen and oxygen atoms in total. The Bertz CT molecular complexity index is 55.6. The summed E-state index contributed by atoms with van der Waals surface area (Å²) < 4.78 is 0. The van der Waals surface area contributed by atoms with Crippen molar-refractivity contribution in [3.8, 4) is 0 Å². The van der Waals surface area contributed by atoms with E-state index in [4.69, 9.17) is 5.41 Å². The molecule has 0 amide bonds. The zero-order valence-electron chi connectivity index (χ0n) is 6.39. The zero-order chi connectivity index (χ0) is 7.70. The SMILES string of the molecule is N=[C-]N.[CH2-]CCC([CH2-])C.[W]. The third-order valence-corrected chi connectivity index (χ3v) is 0.697. The van der Waals surface area contributed by atoms with Crippen LogP contribution in [0.1, 0.15) is 19.8 Å². The molecule has 3 heteroatoms. The van der Waals surface area contributed by atoms with E-state index in [2.05, 4.69) is 26.5 Å². The minimum atomic E-state index is 0. The van der Waals surface area contributed by atoms with E-state index in [0.717, 1.165) is 12.8 Å². The first-order valence-corrected chi connectivity index (χ1v) is 2.93. The standard InChI is InChI=1S/C6H12.CH3N2.W/c1-4-5-6(2)3;2-1-3;/h6H,1-2,4-5H2,3H3;(H3,2,3);/q-2;-1;. The second kappa shape index (κ2) is 16.1. The van der Waals surface area contributed by atoms with Crippen molar-refractivity contribution in [2.24, 2.45) is 11.7 Å². The molecule has 0 aliphatic heterocycles. The largest absolute Gasteiger partial charge is 0.563 e. The number of rotatable bonds is 2. The molecule has 0 saturated heterocycles. The van der Waals surface area contributed by atoms with Crippen LogP contribution < -0.4 is 5.73 Å². The zero-order valence-corrected chi connectivity index (χ0v) is 9.32. The second-order valence-electron chi connectivity index (χ2n) is 1.89. The van der Waals surface area contributed by atoms with Gasteiger partial charge in [0.15, 0.2) is 0 Å². The van der Waals surface area contributed by atoms with Crippen molar-refractivity contribution in [1.29, 1.82) is 5.41 Å². The van der Waals surface area contributed by atoms with E-state index >= 15 is 0 Å². The molecule has 0 heterocycles. The summed E-state index contributed by atoms with van der Waals surface area (Å²) in [5.41, 5.74) is 4.26. The molecule has 0 aromatic rings. The van der Waals surface area contributed by atoms with Crippen LogP contribution in [0.2, 0.25) is 0 Å². The van der Waals surface area contributed by atoms with Crippen molar-refractivity contribution in [1.82, 2.24) is 0 Å². The van der Waals surface area contributed by atoms with Crippen LogP contribution in [0.15, 0.2) is 0 Å². The predicted molar refractivity (Wildman–Crippen MR) is 41.0 cm³/mol. The minimum Gasteiger partial charge on any atom is -0.563 e. The van der Waals surface area contributed by atoms with E-state index in [1.807, 2.05) is 0 Å². The Morgan fingerprint density at radius 2 is 2.00 bits per heavy atom. The van der Waals surface area contributed by atoms with Gasteiger partial charge in [0.1, 0.15) is 0 Å². The average Bonchev–Trinajstić information content (AvgIpc) is 1.67. The van der Waals surface area contributed by atoms with Crippen molar-refractivity contribution in [3.63, 3.8) is 0 Å². The second-order valence-corrected chi connectivity index (χ2v) is 1.89. The summed E-state index contributed by atoms with van der Waals surface area (Å²) in [5, 5.41) is 5.74. The van der Waals surface area contributed by atoms with E-state index in [0.29, 0.717) is 5.92 Å². The van der Waals surface area contributed by atoms with Crippen LogP contribution in [0.25, 0.3) is 0 Å². The van der Waals surface area contributed by atoms with Gasteiger partial charge < -0.3 is 31.3 Å². The Morgan fingerprint density at radius 3 is 2.00 bits per heavy atom. The quantitative estimate of drug-likeness (QED) is 0.345. The number of nitrogens with two attached hydrogens (primary N) is 1. The molecule has 3 N–H and O–H groups in total. The van der Waals surface area contributed by atoms with Gasteiger partial charge in [0.2, 0.25) is 0 Å². The van der Waals surface area contributed by atoms with Crippen molar-refractivity contribution in [2.45, 2.75) is 19.8 Å². The van der Waals surface area contributed by atoms with Crippen LogP contribution in [0.5, 0.6) is 0 Å². The third kappa shape index (κ3) is 41.9. The van der Waals surface area contributed by atoms with Crippen molar-refractivity contribution >= 4 is 6.34 Å². The molecule has 0 bridgehead atoms. The van der Waals surface area contributed by atoms with Crippen molar-refractivity contribution in [3.05, 3.63) is 13.8 Å². The Morgan fingerprint density at radius 1 is 1.70 bits per heavy atom. The van der Waals surface area contributed by atoms with Gasteiger partial charge in [-0.15, -0.1) is 6.42 Å². The topological polar surface area (TPSA) is 49.9 Å². The van der Waals surface area contributed by atoms with Crippen molar-refractivity contribution in [2.75, 3.05) is 0 Å². The molecular weight excluding hydrogens is 296 g/mol. The Balaban J connectivity index is -0.000000107. The normalized spacial score (nSPS) is 9.90. The molecular formula is C7H15N2W-3. The molecule has 10 heavy (non-hydrogen) atoms. The first kappa shape index (κ1) is 16.6. The van der Waals surface area contributed by atoms with E-state index in [-0.39, 0.29) is 21.1 Å². The Kier molecular flexibility index (Phi) is 26.7. The number of nitrogens with one attached hydrogen (secondary N) is 1.